The number of nitrogens with zero attached hydrogens (tertiary/aromatic N) is 7. The second kappa shape index (κ2) is 42.6. The molecule has 3 aliphatic rings. The molecule has 0 radical (unpaired) electrons. The number of amides is 2. The summed E-state index contributed by atoms with van der Waals surface area (Å²) in [6, 6.07) is 41.7. The van der Waals surface area contributed by atoms with Gasteiger partial charge in [0.1, 0.15) is 85.7 Å². The molecule has 0 atom stereocenters. The monoisotopic (exact) mass is 1640 g/mol. The number of rotatable bonds is 28. The van der Waals surface area contributed by atoms with Gasteiger partial charge in [-0.2, -0.15) is 41.6 Å². The molecule has 0 bridgehead atoms. The van der Waals surface area contributed by atoms with Crippen molar-refractivity contribution >= 4 is 24.1 Å². The highest BCUT2D eigenvalue weighted by Crippen LogP contribution is 2.43. The summed E-state index contributed by atoms with van der Waals surface area (Å²) in [5.74, 6) is 5.78. The Morgan fingerprint density at radius 2 is 0.822 bits per heavy atom. The first-order valence-electron chi connectivity index (χ1n) is 37.6. The van der Waals surface area contributed by atoms with Gasteiger partial charge < -0.3 is 73.7 Å². The largest absolute Gasteiger partial charge is 0.497 e. The number of carbonyl (C=O) groups is 4. The fourth-order valence-electron chi connectivity index (χ4n) is 12.6. The highest BCUT2D eigenvalue weighted by molar-refractivity contribution is 5.93. The number of ether oxygens (including phenoxy) is 10. The van der Waals surface area contributed by atoms with Crippen LogP contribution >= 0.6 is 0 Å². The summed E-state index contributed by atoms with van der Waals surface area (Å²) in [6.45, 7) is 6.17. The topological polar surface area (TPSA) is 288 Å². The molecule has 3 aliphatic carbocycles. The summed E-state index contributed by atoms with van der Waals surface area (Å²) >= 11 is 0. The number of aryl methyl sites for hydroxylation is 3. The number of nitrogens with two attached hydrogens (primary N) is 1. The van der Waals surface area contributed by atoms with Crippen LogP contribution < -0.4 is 63.7 Å². The predicted molar refractivity (Wildman–Crippen MR) is 431 cm³/mol. The third-order valence-corrected chi connectivity index (χ3v) is 19.7. The zero-order chi connectivity index (χ0) is 86.1. The molecule has 7 aromatic carbocycles. The zero-order valence-corrected chi connectivity index (χ0v) is 68.8. The molecule has 10 aromatic rings. The van der Waals surface area contributed by atoms with E-state index in [1.807, 2.05) is 118 Å². The van der Waals surface area contributed by atoms with Crippen LogP contribution in [0.1, 0.15) is 171 Å². The predicted octanol–water partition coefficient (Wildman–Crippen LogP) is 15.7. The van der Waals surface area contributed by atoms with Crippen LogP contribution in [0.3, 0.4) is 0 Å². The van der Waals surface area contributed by atoms with Crippen molar-refractivity contribution in [1.82, 2.24) is 44.9 Å². The summed E-state index contributed by atoms with van der Waals surface area (Å²) < 4.78 is 134. The van der Waals surface area contributed by atoms with Crippen LogP contribution in [0.15, 0.2) is 146 Å². The van der Waals surface area contributed by atoms with E-state index in [1.165, 1.54) is 49.9 Å². The van der Waals surface area contributed by atoms with Crippen molar-refractivity contribution in [3.8, 4) is 57.5 Å². The molecular formula is C87H102F6N10O15. The molecule has 118 heavy (non-hydrogen) atoms. The highest BCUT2D eigenvalue weighted by atomic mass is 19.4. The molecule has 13 rings (SSSR count). The smallest absolute Gasteiger partial charge is 0.420 e. The first kappa shape index (κ1) is 91.3. The second-order valence-electron chi connectivity index (χ2n) is 27.6. The van der Waals surface area contributed by atoms with Crippen molar-refractivity contribution < 1.29 is 98.0 Å². The van der Waals surface area contributed by atoms with Crippen molar-refractivity contribution in [3.63, 3.8) is 0 Å². The Kier molecular flexibility index (Phi) is 32.9. The summed E-state index contributed by atoms with van der Waals surface area (Å²) in [5, 5.41) is 27.9. The summed E-state index contributed by atoms with van der Waals surface area (Å²) in [6.07, 6.45) is -1.97. The minimum atomic E-state index is -4.58. The quantitative estimate of drug-likeness (QED) is 0.0262. The second-order valence-corrected chi connectivity index (χ2v) is 27.6. The van der Waals surface area contributed by atoms with E-state index in [4.69, 9.17) is 53.5 Å². The number of benzene rings is 7. The summed E-state index contributed by atoms with van der Waals surface area (Å²) in [7, 11) is 20.5. The molecule has 3 saturated carbocycles. The van der Waals surface area contributed by atoms with E-state index in [-0.39, 0.29) is 47.4 Å². The van der Waals surface area contributed by atoms with E-state index in [0.29, 0.717) is 84.9 Å². The number of halogens is 6. The lowest BCUT2D eigenvalue weighted by atomic mass is 10.1. The van der Waals surface area contributed by atoms with E-state index in [9.17, 15) is 45.5 Å². The Morgan fingerprint density at radius 1 is 0.449 bits per heavy atom. The number of carboxylic acids is 1. The van der Waals surface area contributed by atoms with Gasteiger partial charge in [-0.15, -0.1) is 0 Å². The average Bonchev–Trinajstić information content (AvgIpc) is 1.71. The van der Waals surface area contributed by atoms with Crippen LogP contribution in [0.4, 0.5) is 26.3 Å². The number of aldehydes is 1. The Hall–Kier alpha value is -12.3. The number of hydrogen-bond acceptors (Lipinski definition) is 19. The Bertz CT molecular complexity index is 5030. The molecule has 0 unspecified atom stereocenters. The average molecular weight is 1640 g/mol. The number of nitrogens with one attached hydrogen (secondary N) is 2. The van der Waals surface area contributed by atoms with Crippen LogP contribution in [-0.2, 0) is 72.8 Å². The van der Waals surface area contributed by atoms with Crippen molar-refractivity contribution in [3.05, 3.63) is 241 Å². The summed E-state index contributed by atoms with van der Waals surface area (Å²) in [5.41, 5.74) is 14.7. The molecule has 3 aromatic heterocycles. The number of alkyl halides is 6. The number of carboxylic acid groups (broad SMARTS) is 1. The number of carbonyl (C=O) groups excluding carboxylic acids is 3. The minimum absolute atomic E-state index is 0.0429. The third-order valence-electron chi connectivity index (χ3n) is 19.7. The molecule has 0 aliphatic heterocycles. The molecule has 5 N–H and O–H groups in total. The first-order valence-corrected chi connectivity index (χ1v) is 37.6. The molecule has 632 valence electrons. The zero-order valence-electron chi connectivity index (χ0n) is 68.8. The minimum Gasteiger partial charge on any atom is -0.497 e. The molecule has 31 heteroatoms. The van der Waals surface area contributed by atoms with Crippen LogP contribution in [-0.4, -0.2) is 135 Å². The van der Waals surface area contributed by atoms with Gasteiger partial charge in [0.15, 0.2) is 6.29 Å². The maximum absolute atomic E-state index is 13.8. The third kappa shape index (κ3) is 24.7. The molecule has 25 nitrogen and oxygen atoms in total. The van der Waals surface area contributed by atoms with Gasteiger partial charge in [0, 0.05) is 112 Å². The standard InChI is InChI=1S/C26H31N3O4.C18H20F3NO3.C17H21N3O2.C9H7F3O2.C9H13NO2.C8H10N2O2/c1-17-19(7-6-8-24(17)32-4)15-29(16-20-11-12-21(31-3)13-25(20)33-5)26(30)23-14-22(18-9-10-18)27-28(23)2;1-23-14-8-7-12(16(9-14)25-3)10-22-11-13-5-4-6-15(24-2)17(13)18(19,20)21;1-11-13(5-4-6-16(11)22-3)10-18-17(21)15-9-14(12-7-8-12)19-20(15)2;1-14-7-4-2-3-6(5-13)8(7)9(10,11)12;1-11-8-4-3-7(6-10)9(5-8)12-2;1-10-7(8(11)12)4-6(9-10)5-2-3-5/h6-8,11-14,18H,9-10,15-16H2,1-5H3;4-9,22H,10-11H2,1-3H3;4-6,9,12H,7-8,10H2,1-3H3,(H,18,21);2-5H,1H3;3-5H,6,10H2,1-2H3;4-5H,2-3H2,1H3,(H,11,12). The van der Waals surface area contributed by atoms with Gasteiger partial charge in [-0.05, 0) is 147 Å². The lowest BCUT2D eigenvalue weighted by Crippen LogP contribution is -2.32. The Labute approximate surface area is 682 Å². The van der Waals surface area contributed by atoms with Gasteiger partial charge in [0.2, 0.25) is 0 Å². The van der Waals surface area contributed by atoms with Crippen LogP contribution in [0.25, 0.3) is 0 Å². The van der Waals surface area contributed by atoms with Crippen LogP contribution in [0.5, 0.6) is 57.5 Å². The number of aromatic nitrogens is 6. The maximum Gasteiger partial charge on any atom is 0.420 e. The van der Waals surface area contributed by atoms with Gasteiger partial charge in [0.05, 0.1) is 94.7 Å². The molecule has 2 amide bonds. The molecule has 0 saturated heterocycles. The maximum atomic E-state index is 13.8. The first-order chi connectivity index (χ1) is 56.4. The van der Waals surface area contributed by atoms with Gasteiger partial charge in [0.25, 0.3) is 11.8 Å². The van der Waals surface area contributed by atoms with E-state index < -0.39 is 35.0 Å². The summed E-state index contributed by atoms with van der Waals surface area (Å²) in [4.78, 5) is 49.0. The molecule has 3 fully saturated rings. The SMILES string of the molecule is COc1ccc(CN(Cc2cccc(OC)c2C)C(=O)c2cc(C3CC3)nn2C)c(OC)c1.COc1ccc(CN)c(OC)c1.COc1ccc(CNCc2cccc(OC)c2C(F)(F)F)c(OC)c1.COc1cccc(C=O)c1C(F)(F)F.COc1cccc(CNC(=O)c2cc(C3CC3)nn2C)c1C.Cn1nc(C2CC2)cc1C(=O)O. The van der Waals surface area contributed by atoms with Crippen molar-refractivity contribution in [1.29, 1.82) is 0 Å². The van der Waals surface area contributed by atoms with Gasteiger partial charge >= 0.3 is 18.3 Å². The lowest BCUT2D eigenvalue weighted by Gasteiger charge is -2.25. The molecular weight excluding hydrogens is 1540 g/mol. The van der Waals surface area contributed by atoms with E-state index >= 15 is 0 Å². The number of aromatic carboxylic acids is 1. The van der Waals surface area contributed by atoms with Gasteiger partial charge in [-0.3, -0.25) is 28.4 Å². The van der Waals surface area contributed by atoms with E-state index in [0.717, 1.165) is 124 Å². The Balaban J connectivity index is 0.000000184. The fourth-order valence-corrected chi connectivity index (χ4v) is 12.6. The van der Waals surface area contributed by atoms with Gasteiger partial charge in [-0.25, -0.2) is 4.79 Å². The van der Waals surface area contributed by atoms with Crippen LogP contribution in [0.2, 0.25) is 0 Å². The van der Waals surface area contributed by atoms with E-state index in [1.54, 1.807) is 96.5 Å². The fraction of sp³-hybridized carbons (Fsp3) is 0.368. The van der Waals surface area contributed by atoms with Gasteiger partial charge in [-0.1, -0.05) is 60.7 Å². The number of hydrogen-bond donors (Lipinski definition) is 4. The normalized spacial score (nSPS) is 12.6. The molecule has 0 spiro atoms. The lowest BCUT2D eigenvalue weighted by molar-refractivity contribution is -0.140. The van der Waals surface area contributed by atoms with E-state index in [2.05, 4.69) is 30.7 Å². The van der Waals surface area contributed by atoms with Crippen LogP contribution in [0, 0.1) is 13.8 Å². The Morgan fingerprint density at radius 3 is 1.26 bits per heavy atom. The van der Waals surface area contributed by atoms with Crippen molar-refractivity contribution in [2.45, 2.75) is 122 Å². The van der Waals surface area contributed by atoms with Crippen molar-refractivity contribution in [2.24, 2.45) is 26.9 Å². The number of methoxy groups -OCH3 is 10. The van der Waals surface area contributed by atoms with Crippen molar-refractivity contribution in [2.75, 3.05) is 71.1 Å². The highest BCUT2D eigenvalue weighted by Gasteiger charge is 2.39. The molecule has 3 heterocycles.